The lowest BCUT2D eigenvalue weighted by atomic mass is 10.1. The van der Waals surface area contributed by atoms with Crippen LogP contribution in [0.4, 0.5) is 5.69 Å². The van der Waals surface area contributed by atoms with Crippen LogP contribution in [-0.4, -0.2) is 25.2 Å². The minimum absolute atomic E-state index is 0.0917. The molecule has 0 spiro atoms. The van der Waals surface area contributed by atoms with E-state index >= 15 is 0 Å². The fourth-order valence-electron chi connectivity index (χ4n) is 2.02. The number of nitrogen functional groups attached to an aromatic ring is 1. The first-order chi connectivity index (χ1) is 9.24. The molecule has 0 aromatic heterocycles. The van der Waals surface area contributed by atoms with Crippen LogP contribution in [-0.2, 0) is 9.53 Å². The second kappa shape index (κ2) is 6.95. The van der Waals surface area contributed by atoms with E-state index in [0.29, 0.717) is 6.54 Å². The van der Waals surface area contributed by atoms with Gasteiger partial charge in [-0.3, -0.25) is 4.79 Å². The van der Waals surface area contributed by atoms with Crippen molar-refractivity contribution >= 4 is 17.7 Å². The Kier molecular flexibility index (Phi) is 4.98. The zero-order chi connectivity index (χ0) is 13.5. The third-order valence-electron chi connectivity index (χ3n) is 3.14. The zero-order valence-corrected chi connectivity index (χ0v) is 11.0. The monoisotopic (exact) mass is 260 g/mol. The number of anilines is 1. The van der Waals surface area contributed by atoms with Crippen LogP contribution in [0.15, 0.2) is 30.3 Å². The molecule has 1 aromatic carbocycles. The van der Waals surface area contributed by atoms with Crippen LogP contribution in [0.1, 0.15) is 24.8 Å². The third kappa shape index (κ3) is 4.75. The van der Waals surface area contributed by atoms with Gasteiger partial charge in [0.15, 0.2) is 0 Å². The van der Waals surface area contributed by atoms with Gasteiger partial charge in [-0.25, -0.2) is 0 Å². The molecule has 1 amide bonds. The van der Waals surface area contributed by atoms with Crippen LogP contribution in [0.25, 0.3) is 6.08 Å². The number of hydrogen-bond donors (Lipinski definition) is 2. The van der Waals surface area contributed by atoms with Crippen molar-refractivity contribution in [3.63, 3.8) is 0 Å². The highest BCUT2D eigenvalue weighted by molar-refractivity contribution is 5.91. The van der Waals surface area contributed by atoms with Crippen molar-refractivity contribution in [3.8, 4) is 0 Å². The summed E-state index contributed by atoms with van der Waals surface area (Å²) in [5.41, 5.74) is 7.27. The molecule has 4 nitrogen and oxygen atoms in total. The molecule has 0 aliphatic carbocycles. The van der Waals surface area contributed by atoms with E-state index in [9.17, 15) is 4.79 Å². The predicted molar refractivity (Wildman–Crippen MR) is 76.5 cm³/mol. The maximum atomic E-state index is 11.6. The lowest BCUT2D eigenvalue weighted by molar-refractivity contribution is -0.117. The summed E-state index contributed by atoms with van der Waals surface area (Å²) in [6.45, 7) is 1.40. The Bertz CT molecular complexity index is 434. The fraction of sp³-hybridized carbons (Fsp3) is 0.400. The van der Waals surface area contributed by atoms with Gasteiger partial charge in [-0.05, 0) is 43.0 Å². The van der Waals surface area contributed by atoms with Gasteiger partial charge in [0, 0.05) is 24.9 Å². The molecule has 2 rings (SSSR count). The Morgan fingerprint density at radius 3 is 2.84 bits per heavy atom. The number of carbonyl (C=O) groups excluding carboxylic acids is 1. The molecule has 1 saturated heterocycles. The Hall–Kier alpha value is -1.81. The number of ether oxygens (including phenoxy) is 1. The number of nitrogens with two attached hydrogens (primary N) is 1. The molecule has 0 radical (unpaired) electrons. The average molecular weight is 260 g/mol. The molecule has 1 aromatic rings. The van der Waals surface area contributed by atoms with Gasteiger partial charge in [0.2, 0.25) is 5.91 Å². The highest BCUT2D eigenvalue weighted by Crippen LogP contribution is 2.11. The maximum Gasteiger partial charge on any atom is 0.244 e. The maximum absolute atomic E-state index is 11.6. The zero-order valence-electron chi connectivity index (χ0n) is 11.0. The van der Waals surface area contributed by atoms with Gasteiger partial charge in [0.05, 0.1) is 6.10 Å². The third-order valence-corrected chi connectivity index (χ3v) is 3.14. The predicted octanol–water partition coefficient (Wildman–Crippen LogP) is 1.97. The van der Waals surface area contributed by atoms with E-state index in [0.717, 1.165) is 30.7 Å². The van der Waals surface area contributed by atoms with Crippen LogP contribution >= 0.6 is 0 Å². The Labute approximate surface area is 113 Å². The van der Waals surface area contributed by atoms with Crippen molar-refractivity contribution in [1.29, 1.82) is 0 Å². The number of benzene rings is 1. The van der Waals surface area contributed by atoms with Gasteiger partial charge in [-0.2, -0.15) is 0 Å². The summed E-state index contributed by atoms with van der Waals surface area (Å²) < 4.78 is 5.55. The molecule has 1 unspecified atom stereocenters. The molecule has 1 atom stereocenters. The van der Waals surface area contributed by atoms with Crippen LogP contribution in [0, 0.1) is 0 Å². The van der Waals surface area contributed by atoms with Crippen molar-refractivity contribution in [2.45, 2.75) is 25.4 Å². The summed E-state index contributed by atoms with van der Waals surface area (Å²) in [5, 5.41) is 2.86. The van der Waals surface area contributed by atoms with Crippen LogP contribution in [0.5, 0.6) is 0 Å². The summed E-state index contributed by atoms with van der Waals surface area (Å²) in [4.78, 5) is 11.6. The minimum Gasteiger partial charge on any atom is -0.399 e. The van der Waals surface area contributed by atoms with Crippen molar-refractivity contribution in [3.05, 3.63) is 35.9 Å². The number of hydrogen-bond acceptors (Lipinski definition) is 3. The normalized spacial score (nSPS) is 19.5. The highest BCUT2D eigenvalue weighted by Gasteiger charge is 2.13. The molecule has 0 saturated carbocycles. The molecule has 102 valence electrons. The molecule has 3 N–H and O–H groups in total. The minimum atomic E-state index is -0.0917. The average Bonchev–Trinajstić information content (AvgIpc) is 2.45. The van der Waals surface area contributed by atoms with E-state index in [1.54, 1.807) is 6.08 Å². The molecular formula is C15H20N2O2. The summed E-state index contributed by atoms with van der Waals surface area (Å²) in [7, 11) is 0. The van der Waals surface area contributed by atoms with E-state index in [4.69, 9.17) is 10.5 Å². The van der Waals surface area contributed by atoms with Crippen molar-refractivity contribution in [2.75, 3.05) is 18.9 Å². The summed E-state index contributed by atoms with van der Waals surface area (Å²) >= 11 is 0. The van der Waals surface area contributed by atoms with Gasteiger partial charge in [0.1, 0.15) is 0 Å². The molecule has 1 heterocycles. The van der Waals surface area contributed by atoms with Gasteiger partial charge >= 0.3 is 0 Å². The van der Waals surface area contributed by atoms with Gasteiger partial charge in [-0.15, -0.1) is 0 Å². The largest absolute Gasteiger partial charge is 0.399 e. The number of rotatable bonds is 4. The Morgan fingerprint density at radius 2 is 2.16 bits per heavy atom. The molecule has 4 heteroatoms. The first kappa shape index (κ1) is 13.6. The molecule has 1 fully saturated rings. The SMILES string of the molecule is Nc1ccc(/C=C/C(=O)NCC2CCCCO2)cc1. The lowest BCUT2D eigenvalue weighted by Crippen LogP contribution is -2.34. The number of amides is 1. The number of nitrogens with one attached hydrogen (secondary N) is 1. The van der Waals surface area contributed by atoms with Crippen molar-refractivity contribution in [2.24, 2.45) is 0 Å². The van der Waals surface area contributed by atoms with E-state index in [1.165, 1.54) is 12.5 Å². The van der Waals surface area contributed by atoms with E-state index in [1.807, 2.05) is 24.3 Å². The number of carbonyl (C=O) groups is 1. The molecule has 1 aliphatic rings. The standard InChI is InChI=1S/C15H20N2O2/c16-13-7-4-12(5-8-13)6-9-15(18)17-11-14-3-1-2-10-19-14/h4-9,14H,1-3,10-11,16H2,(H,17,18)/b9-6+. The topological polar surface area (TPSA) is 64.4 Å². The van der Waals surface area contributed by atoms with E-state index < -0.39 is 0 Å². The first-order valence-corrected chi connectivity index (χ1v) is 6.67. The summed E-state index contributed by atoms with van der Waals surface area (Å²) in [6.07, 6.45) is 6.82. The highest BCUT2D eigenvalue weighted by atomic mass is 16.5. The van der Waals surface area contributed by atoms with E-state index in [-0.39, 0.29) is 12.0 Å². The quantitative estimate of drug-likeness (QED) is 0.642. The summed E-state index contributed by atoms with van der Waals surface area (Å²) in [6, 6.07) is 7.38. The molecule has 1 aliphatic heterocycles. The van der Waals surface area contributed by atoms with Gasteiger partial charge < -0.3 is 15.8 Å². The summed E-state index contributed by atoms with van der Waals surface area (Å²) in [5.74, 6) is -0.0917. The van der Waals surface area contributed by atoms with Crippen molar-refractivity contribution < 1.29 is 9.53 Å². The Morgan fingerprint density at radius 1 is 1.37 bits per heavy atom. The second-order valence-corrected chi connectivity index (χ2v) is 4.73. The van der Waals surface area contributed by atoms with Crippen LogP contribution in [0.3, 0.4) is 0 Å². The molecule has 19 heavy (non-hydrogen) atoms. The molecular weight excluding hydrogens is 240 g/mol. The lowest BCUT2D eigenvalue weighted by Gasteiger charge is -2.22. The van der Waals surface area contributed by atoms with E-state index in [2.05, 4.69) is 5.32 Å². The fourth-order valence-corrected chi connectivity index (χ4v) is 2.02. The van der Waals surface area contributed by atoms with Crippen LogP contribution in [0.2, 0.25) is 0 Å². The smallest absolute Gasteiger partial charge is 0.244 e. The first-order valence-electron chi connectivity index (χ1n) is 6.67. The molecule has 0 bridgehead atoms. The van der Waals surface area contributed by atoms with Gasteiger partial charge in [0.25, 0.3) is 0 Å². The van der Waals surface area contributed by atoms with Crippen molar-refractivity contribution in [1.82, 2.24) is 5.32 Å². The Balaban J connectivity index is 1.75. The van der Waals surface area contributed by atoms with Crippen LogP contribution < -0.4 is 11.1 Å². The second-order valence-electron chi connectivity index (χ2n) is 4.73. The van der Waals surface area contributed by atoms with Gasteiger partial charge in [-0.1, -0.05) is 12.1 Å².